The predicted octanol–water partition coefficient (Wildman–Crippen LogP) is 0.949. The van der Waals surface area contributed by atoms with Crippen molar-refractivity contribution in [3.05, 3.63) is 29.8 Å². The predicted molar refractivity (Wildman–Crippen MR) is 85.8 cm³/mol. The summed E-state index contributed by atoms with van der Waals surface area (Å²) in [6.07, 6.45) is 0.986. The molecule has 3 rings (SSSR count). The first-order chi connectivity index (χ1) is 10.8. The van der Waals surface area contributed by atoms with Crippen molar-refractivity contribution in [2.75, 3.05) is 46.4 Å². The molecule has 5 nitrogen and oxygen atoms in total. The Labute approximate surface area is 132 Å². The summed E-state index contributed by atoms with van der Waals surface area (Å²) < 4.78 is 5.42. The number of rotatable bonds is 4. The van der Waals surface area contributed by atoms with Crippen LogP contribution in [-0.2, 0) is 11.3 Å². The fourth-order valence-electron chi connectivity index (χ4n) is 3.32. The number of amides is 1. The van der Waals surface area contributed by atoms with E-state index in [1.54, 1.807) is 7.11 Å². The zero-order chi connectivity index (χ0) is 15.4. The Hall–Kier alpha value is -1.59. The molecule has 0 saturated carbocycles. The van der Waals surface area contributed by atoms with Crippen molar-refractivity contribution < 1.29 is 9.53 Å². The van der Waals surface area contributed by atoms with E-state index >= 15 is 0 Å². The van der Waals surface area contributed by atoms with Gasteiger partial charge in [0.25, 0.3) is 0 Å². The Bertz CT molecular complexity index is 506. The summed E-state index contributed by atoms with van der Waals surface area (Å²) in [5.41, 5.74) is 1.21. The van der Waals surface area contributed by atoms with Crippen molar-refractivity contribution >= 4 is 5.91 Å². The Balaban J connectivity index is 1.52. The molecule has 5 heteroatoms. The lowest BCUT2D eigenvalue weighted by Gasteiger charge is -2.36. The summed E-state index contributed by atoms with van der Waals surface area (Å²) in [6.45, 7) is 6.25. The second-order valence-corrected chi connectivity index (χ2v) is 6.10. The Morgan fingerprint density at radius 3 is 2.73 bits per heavy atom. The zero-order valence-corrected chi connectivity index (χ0v) is 13.3. The molecular formula is C17H25N3O2. The topological polar surface area (TPSA) is 44.8 Å². The van der Waals surface area contributed by atoms with Gasteiger partial charge in [-0.15, -0.1) is 0 Å². The summed E-state index contributed by atoms with van der Waals surface area (Å²) in [6, 6.07) is 8.15. The number of hydrogen-bond donors (Lipinski definition) is 1. The van der Waals surface area contributed by atoms with E-state index in [0.717, 1.165) is 58.0 Å². The highest BCUT2D eigenvalue weighted by Crippen LogP contribution is 2.20. The molecule has 2 aliphatic rings. The van der Waals surface area contributed by atoms with Crippen molar-refractivity contribution in [1.29, 1.82) is 0 Å². The third kappa shape index (κ3) is 3.42. The molecule has 0 unspecified atom stereocenters. The quantitative estimate of drug-likeness (QED) is 0.899. The zero-order valence-electron chi connectivity index (χ0n) is 13.3. The van der Waals surface area contributed by atoms with E-state index in [1.165, 1.54) is 5.56 Å². The minimum Gasteiger partial charge on any atom is -0.496 e. The number of benzene rings is 1. The normalized spacial score (nSPS) is 22.8. The van der Waals surface area contributed by atoms with Gasteiger partial charge in [-0.25, -0.2) is 0 Å². The van der Waals surface area contributed by atoms with Crippen LogP contribution in [0.15, 0.2) is 24.3 Å². The van der Waals surface area contributed by atoms with Crippen molar-refractivity contribution in [3.63, 3.8) is 0 Å². The maximum Gasteiger partial charge on any atom is 0.227 e. The molecule has 1 aromatic carbocycles. The first kappa shape index (κ1) is 15.3. The Kier molecular flexibility index (Phi) is 4.95. The second kappa shape index (κ2) is 7.11. The summed E-state index contributed by atoms with van der Waals surface area (Å²) in [5.74, 6) is 1.47. The number of carbonyl (C=O) groups is 1. The van der Waals surface area contributed by atoms with E-state index in [1.807, 2.05) is 23.1 Å². The minimum atomic E-state index is 0.195. The number of piperazine rings is 1. The molecule has 1 aromatic rings. The molecule has 0 bridgehead atoms. The SMILES string of the molecule is COc1ccccc1CN1CCN(C(=O)[C@H]2CCNC2)CC1. The summed E-state index contributed by atoms with van der Waals surface area (Å²) in [7, 11) is 1.71. The molecule has 1 amide bonds. The van der Waals surface area contributed by atoms with Crippen LogP contribution in [0.4, 0.5) is 0 Å². The lowest BCUT2D eigenvalue weighted by molar-refractivity contribution is -0.136. The fraction of sp³-hybridized carbons (Fsp3) is 0.588. The largest absolute Gasteiger partial charge is 0.496 e. The third-order valence-corrected chi connectivity index (χ3v) is 4.68. The molecular weight excluding hydrogens is 278 g/mol. The second-order valence-electron chi connectivity index (χ2n) is 6.10. The van der Waals surface area contributed by atoms with Gasteiger partial charge in [0.15, 0.2) is 0 Å². The van der Waals surface area contributed by atoms with E-state index < -0.39 is 0 Å². The van der Waals surface area contributed by atoms with Crippen LogP contribution in [0.25, 0.3) is 0 Å². The van der Waals surface area contributed by atoms with Crippen LogP contribution < -0.4 is 10.1 Å². The van der Waals surface area contributed by atoms with Gasteiger partial charge in [-0.05, 0) is 19.0 Å². The van der Waals surface area contributed by atoms with Gasteiger partial charge in [0, 0.05) is 44.8 Å². The smallest absolute Gasteiger partial charge is 0.227 e. The molecule has 22 heavy (non-hydrogen) atoms. The van der Waals surface area contributed by atoms with Gasteiger partial charge in [0.2, 0.25) is 5.91 Å². The average Bonchev–Trinajstić information content (AvgIpc) is 3.10. The Morgan fingerprint density at radius 1 is 1.27 bits per heavy atom. The number of nitrogens with zero attached hydrogens (tertiary/aromatic N) is 2. The number of nitrogens with one attached hydrogen (secondary N) is 1. The molecule has 1 atom stereocenters. The van der Waals surface area contributed by atoms with Crippen LogP contribution in [0.5, 0.6) is 5.75 Å². The van der Waals surface area contributed by atoms with Gasteiger partial charge in [-0.1, -0.05) is 18.2 Å². The van der Waals surface area contributed by atoms with Crippen LogP contribution in [0.1, 0.15) is 12.0 Å². The molecule has 2 heterocycles. The highest BCUT2D eigenvalue weighted by Gasteiger charge is 2.29. The Morgan fingerprint density at radius 2 is 2.05 bits per heavy atom. The minimum absolute atomic E-state index is 0.195. The van der Waals surface area contributed by atoms with Crippen molar-refractivity contribution in [2.45, 2.75) is 13.0 Å². The number of methoxy groups -OCH3 is 1. The van der Waals surface area contributed by atoms with E-state index in [0.29, 0.717) is 5.91 Å². The molecule has 0 aromatic heterocycles. The fourth-order valence-corrected chi connectivity index (χ4v) is 3.32. The van der Waals surface area contributed by atoms with Gasteiger partial charge in [-0.3, -0.25) is 9.69 Å². The first-order valence-electron chi connectivity index (χ1n) is 8.11. The average molecular weight is 303 g/mol. The molecule has 0 radical (unpaired) electrons. The lowest BCUT2D eigenvalue weighted by atomic mass is 10.1. The highest BCUT2D eigenvalue weighted by molar-refractivity contribution is 5.79. The molecule has 0 aliphatic carbocycles. The van der Waals surface area contributed by atoms with E-state index in [9.17, 15) is 4.79 Å². The van der Waals surface area contributed by atoms with E-state index in [-0.39, 0.29) is 5.92 Å². The van der Waals surface area contributed by atoms with Gasteiger partial charge in [-0.2, -0.15) is 0 Å². The van der Waals surface area contributed by atoms with Crippen molar-refractivity contribution in [1.82, 2.24) is 15.1 Å². The molecule has 1 N–H and O–H groups in total. The molecule has 2 fully saturated rings. The third-order valence-electron chi connectivity index (χ3n) is 4.68. The van der Waals surface area contributed by atoms with Crippen LogP contribution >= 0.6 is 0 Å². The van der Waals surface area contributed by atoms with Gasteiger partial charge in [0.05, 0.1) is 13.0 Å². The number of hydrogen-bond acceptors (Lipinski definition) is 4. The first-order valence-corrected chi connectivity index (χ1v) is 8.11. The van der Waals surface area contributed by atoms with Crippen LogP contribution in [0.3, 0.4) is 0 Å². The number of para-hydroxylation sites is 1. The monoisotopic (exact) mass is 303 g/mol. The highest BCUT2D eigenvalue weighted by atomic mass is 16.5. The molecule has 2 saturated heterocycles. The summed E-state index contributed by atoms with van der Waals surface area (Å²) >= 11 is 0. The van der Waals surface area contributed by atoms with E-state index in [4.69, 9.17) is 4.74 Å². The van der Waals surface area contributed by atoms with E-state index in [2.05, 4.69) is 16.3 Å². The van der Waals surface area contributed by atoms with Crippen molar-refractivity contribution in [3.8, 4) is 5.75 Å². The van der Waals surface area contributed by atoms with Gasteiger partial charge < -0.3 is 15.0 Å². The maximum absolute atomic E-state index is 12.4. The number of carbonyl (C=O) groups excluding carboxylic acids is 1. The van der Waals surface area contributed by atoms with Gasteiger partial charge in [0.1, 0.15) is 5.75 Å². The summed E-state index contributed by atoms with van der Waals surface area (Å²) in [4.78, 5) is 16.8. The lowest BCUT2D eigenvalue weighted by Crippen LogP contribution is -2.50. The van der Waals surface area contributed by atoms with Gasteiger partial charge >= 0.3 is 0 Å². The molecule has 0 spiro atoms. The maximum atomic E-state index is 12.4. The summed E-state index contributed by atoms with van der Waals surface area (Å²) in [5, 5.41) is 3.27. The molecule has 2 aliphatic heterocycles. The van der Waals surface area contributed by atoms with Crippen LogP contribution in [0, 0.1) is 5.92 Å². The van der Waals surface area contributed by atoms with Crippen molar-refractivity contribution in [2.24, 2.45) is 5.92 Å². The molecule has 120 valence electrons. The van der Waals surface area contributed by atoms with Crippen LogP contribution in [-0.4, -0.2) is 62.1 Å². The number of ether oxygens (including phenoxy) is 1. The standard InChI is InChI=1S/C17H25N3O2/c1-22-16-5-3-2-4-15(16)13-19-8-10-20(11-9-19)17(21)14-6-7-18-12-14/h2-5,14,18H,6-13H2,1H3/t14-/m0/s1. The van der Waals surface area contributed by atoms with Crippen LogP contribution in [0.2, 0.25) is 0 Å².